The second-order valence-electron chi connectivity index (χ2n) is 1.83. The van der Waals surface area contributed by atoms with E-state index in [0.29, 0.717) is 0 Å². The van der Waals surface area contributed by atoms with Crippen molar-refractivity contribution in [2.24, 2.45) is 14.1 Å². The molecule has 0 atom stereocenters. The summed E-state index contributed by atoms with van der Waals surface area (Å²) in [6.45, 7) is 0. The van der Waals surface area contributed by atoms with Gasteiger partial charge in [0.15, 0.2) is 0 Å². The van der Waals surface area contributed by atoms with Gasteiger partial charge in [0.25, 0.3) is 0 Å². The van der Waals surface area contributed by atoms with Gasteiger partial charge in [0, 0.05) is 32.7 Å². The molecule has 3 nitrogen and oxygen atoms in total. The van der Waals surface area contributed by atoms with Crippen LogP contribution in [0.3, 0.4) is 0 Å². The van der Waals surface area contributed by atoms with Gasteiger partial charge in [-0.2, -0.15) is 9.13 Å². The van der Waals surface area contributed by atoms with E-state index in [0.717, 1.165) is 0 Å². The molecule has 0 saturated carbocycles. The van der Waals surface area contributed by atoms with Gasteiger partial charge >= 0.3 is 19.0 Å². The molecule has 0 spiro atoms. The van der Waals surface area contributed by atoms with E-state index in [-0.39, 0.29) is 40.1 Å². The number of aromatic nitrogens is 3. The van der Waals surface area contributed by atoms with Gasteiger partial charge in [-0.05, 0) is 0 Å². The van der Waals surface area contributed by atoms with Crippen molar-refractivity contribution in [3.63, 3.8) is 0 Å². The van der Waals surface area contributed by atoms with Crippen molar-refractivity contribution in [1.29, 1.82) is 0 Å². The Morgan fingerprint density at radius 3 is 1.70 bits per heavy atom. The molecule has 0 fully saturated rings. The van der Waals surface area contributed by atoms with E-state index in [1.165, 1.54) is 0 Å². The van der Waals surface area contributed by atoms with Crippen molar-refractivity contribution in [2.45, 2.75) is 0 Å². The van der Waals surface area contributed by atoms with Gasteiger partial charge in [-0.3, -0.25) is 0 Å². The molecule has 4 heteroatoms. The quantitative estimate of drug-likeness (QED) is 0.409. The summed E-state index contributed by atoms with van der Waals surface area (Å²) in [5.74, 6) is 0. The van der Waals surface area contributed by atoms with Crippen molar-refractivity contribution in [2.75, 3.05) is 0 Å². The fourth-order valence-corrected chi connectivity index (χ4v) is 0.587. The Morgan fingerprint density at radius 2 is 1.50 bits per heavy atom. The van der Waals surface area contributed by atoms with Crippen LogP contribution in [0.5, 0.6) is 0 Å². The van der Waals surface area contributed by atoms with E-state index in [1.807, 2.05) is 29.6 Å². The summed E-state index contributed by atoms with van der Waals surface area (Å²) in [6.07, 6.45) is 5.44. The molecule has 0 saturated heterocycles. The maximum Gasteiger partial charge on any atom is 0.357 e. The third-order valence-electron chi connectivity index (χ3n) is 0.862. The molecular weight excluding hydrogens is 203 g/mol. The second-order valence-corrected chi connectivity index (χ2v) is 1.83. The van der Waals surface area contributed by atoms with Gasteiger partial charge < -0.3 is 7.43 Å². The Balaban J connectivity index is 0. The molecule has 0 N–H and O–H groups in total. The normalized spacial score (nSPS) is 7.40. The predicted molar refractivity (Wildman–Crippen MR) is 33.0 cm³/mol. The van der Waals surface area contributed by atoms with Crippen LogP contribution in [0, 0.1) is 7.43 Å². The van der Waals surface area contributed by atoms with Crippen LogP contribution < -0.4 is 9.13 Å². The molecule has 0 aliphatic rings. The van der Waals surface area contributed by atoms with Gasteiger partial charge in [0.05, 0.1) is 4.98 Å². The van der Waals surface area contributed by atoms with Crippen molar-refractivity contribution in [3.8, 4) is 0 Å². The Kier molecular flexibility index (Phi) is 7.49. The van der Waals surface area contributed by atoms with Crippen LogP contribution in [0.4, 0.5) is 0 Å². The fraction of sp³-hybridized carbons (Fsp3) is 0.333. The summed E-state index contributed by atoms with van der Waals surface area (Å²) in [4.78, 5) is 3.91. The van der Waals surface area contributed by atoms with E-state index in [4.69, 9.17) is 0 Å². The largest absolute Gasteiger partial charge is 0.358 e. The van der Waals surface area contributed by atoms with Gasteiger partial charge in [-0.25, -0.2) is 0 Å². The Bertz CT molecular complexity index is 173. The first-order valence-electron chi connectivity index (χ1n) is 2.44. The van der Waals surface area contributed by atoms with Crippen molar-refractivity contribution in [1.82, 2.24) is 4.98 Å². The number of aryl methyl sites for hydroxylation is 2. The monoisotopic (exact) mass is 215 g/mol. The van der Waals surface area contributed by atoms with Gasteiger partial charge in [0.2, 0.25) is 0 Å². The molecule has 1 radical (unpaired) electrons. The number of rotatable bonds is 0. The van der Waals surface area contributed by atoms with Gasteiger partial charge in [-0.1, -0.05) is 0 Å². The van der Waals surface area contributed by atoms with Crippen molar-refractivity contribution in [3.05, 3.63) is 26.4 Å². The summed E-state index contributed by atoms with van der Waals surface area (Å²) in [7, 11) is 3.88. The summed E-state index contributed by atoms with van der Waals surface area (Å²) in [6, 6.07) is 0. The molecular formula is C6H12N3Y+. The third kappa shape index (κ3) is 4.01. The topological polar surface area (TPSA) is 20.6 Å². The standard InChI is InChI=1S/C5H9N3.CH3.Y/c1-7-3-6-4-8(2)5-7;;/h3-5H,1-2H3;1H3;/q+2;-1;. The third-order valence-corrected chi connectivity index (χ3v) is 0.862. The average Bonchev–Trinajstić information content (AvgIpc) is 1.64. The molecule has 0 aromatic carbocycles. The Labute approximate surface area is 87.0 Å². The first-order chi connectivity index (χ1) is 3.79. The molecule has 53 valence electrons. The zero-order chi connectivity index (χ0) is 5.98. The predicted octanol–water partition coefficient (Wildman–Crippen LogP) is -0.822. The summed E-state index contributed by atoms with van der Waals surface area (Å²) in [5, 5.41) is 0. The minimum absolute atomic E-state index is 0. The van der Waals surface area contributed by atoms with E-state index in [2.05, 4.69) is 4.98 Å². The second kappa shape index (κ2) is 5.87. The summed E-state index contributed by atoms with van der Waals surface area (Å²) >= 11 is 0. The van der Waals surface area contributed by atoms with Crippen LogP contribution >= 0.6 is 0 Å². The van der Waals surface area contributed by atoms with Gasteiger partial charge in [-0.15, -0.1) is 0 Å². The number of hydrogen-bond acceptors (Lipinski definition) is 1. The van der Waals surface area contributed by atoms with Crippen LogP contribution in [0.25, 0.3) is 0 Å². The first kappa shape index (κ1) is 12.8. The molecule has 10 heavy (non-hydrogen) atoms. The van der Waals surface area contributed by atoms with Crippen molar-refractivity contribution >= 4 is 0 Å². The summed E-state index contributed by atoms with van der Waals surface area (Å²) < 4.78 is 3.78. The zero-order valence-corrected chi connectivity index (χ0v) is 9.49. The number of nitrogens with zero attached hydrogens (tertiary/aromatic N) is 3. The average molecular weight is 215 g/mol. The van der Waals surface area contributed by atoms with Crippen LogP contribution in [-0.4, -0.2) is 4.98 Å². The van der Waals surface area contributed by atoms with Gasteiger partial charge in [0.1, 0.15) is 14.1 Å². The van der Waals surface area contributed by atoms with Crippen LogP contribution in [-0.2, 0) is 46.8 Å². The molecule has 1 heterocycles. The molecule has 0 unspecified atom stereocenters. The molecule has 0 aliphatic carbocycles. The molecule has 1 rings (SSSR count). The Morgan fingerprint density at radius 1 is 1.10 bits per heavy atom. The zero-order valence-electron chi connectivity index (χ0n) is 6.65. The Hall–Kier alpha value is 0.114. The molecule has 1 aromatic rings. The molecule has 0 bridgehead atoms. The first-order valence-corrected chi connectivity index (χ1v) is 2.44. The molecule has 0 aliphatic heterocycles. The molecule has 1 aromatic heterocycles. The van der Waals surface area contributed by atoms with E-state index in [1.54, 1.807) is 12.7 Å². The van der Waals surface area contributed by atoms with Crippen LogP contribution in [0.2, 0.25) is 0 Å². The van der Waals surface area contributed by atoms with Crippen LogP contribution in [0.15, 0.2) is 19.0 Å². The minimum atomic E-state index is 0. The summed E-state index contributed by atoms with van der Waals surface area (Å²) in [5.41, 5.74) is 0. The van der Waals surface area contributed by atoms with Crippen LogP contribution in [0.1, 0.15) is 0 Å². The van der Waals surface area contributed by atoms with E-state index >= 15 is 0 Å². The number of hydrogen-bond donors (Lipinski definition) is 0. The fourth-order valence-electron chi connectivity index (χ4n) is 0.587. The van der Waals surface area contributed by atoms with E-state index < -0.39 is 0 Å². The smallest absolute Gasteiger partial charge is 0.357 e. The maximum atomic E-state index is 3.91. The minimum Gasteiger partial charge on any atom is -0.358 e. The SMILES string of the molecule is C[n+]1cnc[n+](C)c1.[CH3-].[Y]. The van der Waals surface area contributed by atoms with Crippen molar-refractivity contribution < 1.29 is 41.8 Å². The maximum absolute atomic E-state index is 3.91. The molecule has 0 amide bonds. The van der Waals surface area contributed by atoms with E-state index in [9.17, 15) is 0 Å².